The summed E-state index contributed by atoms with van der Waals surface area (Å²) in [4.78, 5) is 11.2. The zero-order valence-corrected chi connectivity index (χ0v) is 6.60. The van der Waals surface area contributed by atoms with Gasteiger partial charge in [0.25, 0.3) is 0 Å². The number of hydrogen-bond donors (Lipinski definition) is 2. The lowest BCUT2D eigenvalue weighted by Crippen LogP contribution is -2.38. The van der Waals surface area contributed by atoms with E-state index < -0.39 is 0 Å². The van der Waals surface area contributed by atoms with E-state index in [1.807, 2.05) is 0 Å². The van der Waals surface area contributed by atoms with Gasteiger partial charge in [-0.25, -0.2) is 0 Å². The summed E-state index contributed by atoms with van der Waals surface area (Å²) in [5.41, 5.74) is 0. The van der Waals surface area contributed by atoms with E-state index in [-0.39, 0.29) is 11.8 Å². The third-order valence-corrected chi connectivity index (χ3v) is 1.91. The fourth-order valence-electron chi connectivity index (χ4n) is 1.29. The molecular weight excluding hydrogens is 140 g/mol. The van der Waals surface area contributed by atoms with Gasteiger partial charge in [-0.1, -0.05) is 6.58 Å². The molecule has 1 rings (SSSR count). The molecule has 1 atom stereocenters. The Bertz CT molecular complexity index is 150. The molecule has 11 heavy (non-hydrogen) atoms. The van der Waals surface area contributed by atoms with Crippen LogP contribution in [0.15, 0.2) is 12.8 Å². The fourth-order valence-corrected chi connectivity index (χ4v) is 1.29. The molecule has 0 spiro atoms. The maximum absolute atomic E-state index is 11.2. The highest BCUT2D eigenvalue weighted by molar-refractivity contribution is 5.79. The van der Waals surface area contributed by atoms with Crippen LogP contribution in [0.2, 0.25) is 0 Å². The highest BCUT2D eigenvalue weighted by Crippen LogP contribution is 2.09. The van der Waals surface area contributed by atoms with Crippen LogP contribution in [0.5, 0.6) is 0 Å². The van der Waals surface area contributed by atoms with Crippen LogP contribution < -0.4 is 10.6 Å². The number of amides is 1. The lowest BCUT2D eigenvalue weighted by Gasteiger charge is -2.20. The SMILES string of the molecule is C=CNC(=O)C1CCCNC1. The summed E-state index contributed by atoms with van der Waals surface area (Å²) in [6.07, 6.45) is 3.53. The molecule has 3 nitrogen and oxygen atoms in total. The monoisotopic (exact) mass is 154 g/mol. The van der Waals surface area contributed by atoms with Crippen LogP contribution in [0.4, 0.5) is 0 Å². The maximum atomic E-state index is 11.2. The average Bonchev–Trinajstić information content (AvgIpc) is 2.07. The molecule has 0 saturated carbocycles. The van der Waals surface area contributed by atoms with Gasteiger partial charge < -0.3 is 10.6 Å². The number of carbonyl (C=O) groups excluding carboxylic acids is 1. The first-order chi connectivity index (χ1) is 5.34. The van der Waals surface area contributed by atoms with E-state index in [0.717, 1.165) is 25.9 Å². The quantitative estimate of drug-likeness (QED) is 0.598. The summed E-state index contributed by atoms with van der Waals surface area (Å²) in [6, 6.07) is 0. The van der Waals surface area contributed by atoms with Gasteiger partial charge in [-0.15, -0.1) is 0 Å². The molecular formula is C8H14N2O. The van der Waals surface area contributed by atoms with Gasteiger partial charge in [-0.2, -0.15) is 0 Å². The maximum Gasteiger partial charge on any atom is 0.228 e. The number of nitrogens with one attached hydrogen (secondary N) is 2. The second-order valence-corrected chi connectivity index (χ2v) is 2.76. The molecule has 0 aromatic heterocycles. The Morgan fingerprint density at radius 2 is 2.55 bits per heavy atom. The van der Waals surface area contributed by atoms with Gasteiger partial charge in [-0.05, 0) is 25.6 Å². The Balaban J connectivity index is 2.32. The highest BCUT2D eigenvalue weighted by Gasteiger charge is 2.19. The Morgan fingerprint density at radius 1 is 1.73 bits per heavy atom. The van der Waals surface area contributed by atoms with Gasteiger partial charge in [0.05, 0.1) is 5.92 Å². The van der Waals surface area contributed by atoms with E-state index in [1.165, 1.54) is 6.20 Å². The molecule has 1 amide bonds. The van der Waals surface area contributed by atoms with E-state index in [1.54, 1.807) is 0 Å². The number of piperidine rings is 1. The van der Waals surface area contributed by atoms with Crippen LogP contribution in [0, 0.1) is 5.92 Å². The molecule has 0 bridgehead atoms. The molecule has 3 heteroatoms. The smallest absolute Gasteiger partial charge is 0.228 e. The van der Waals surface area contributed by atoms with Crippen molar-refractivity contribution in [2.75, 3.05) is 13.1 Å². The van der Waals surface area contributed by atoms with Crippen LogP contribution in [0.3, 0.4) is 0 Å². The van der Waals surface area contributed by atoms with Crippen LogP contribution in [-0.4, -0.2) is 19.0 Å². The van der Waals surface area contributed by atoms with Crippen LogP contribution in [-0.2, 0) is 4.79 Å². The van der Waals surface area contributed by atoms with Crippen molar-refractivity contribution in [2.24, 2.45) is 5.92 Å². The van der Waals surface area contributed by atoms with E-state index >= 15 is 0 Å². The fraction of sp³-hybridized carbons (Fsp3) is 0.625. The first kappa shape index (κ1) is 8.27. The minimum atomic E-state index is 0.0900. The second-order valence-electron chi connectivity index (χ2n) is 2.76. The number of carbonyl (C=O) groups is 1. The van der Waals surface area contributed by atoms with Gasteiger partial charge in [-0.3, -0.25) is 4.79 Å². The lowest BCUT2D eigenvalue weighted by atomic mass is 9.99. The second kappa shape index (κ2) is 4.13. The molecule has 1 unspecified atom stereocenters. The van der Waals surface area contributed by atoms with Gasteiger partial charge in [0.15, 0.2) is 0 Å². The first-order valence-corrected chi connectivity index (χ1v) is 3.96. The summed E-state index contributed by atoms with van der Waals surface area (Å²) in [5.74, 6) is 0.231. The molecule has 0 aliphatic carbocycles. The predicted octanol–water partition coefficient (Wildman–Crippen LogP) is 0.246. The number of hydrogen-bond acceptors (Lipinski definition) is 2. The van der Waals surface area contributed by atoms with E-state index in [0.29, 0.717) is 0 Å². The van der Waals surface area contributed by atoms with Crippen molar-refractivity contribution >= 4 is 5.91 Å². The number of rotatable bonds is 2. The Labute approximate surface area is 66.9 Å². The van der Waals surface area contributed by atoms with E-state index in [2.05, 4.69) is 17.2 Å². The molecule has 0 radical (unpaired) electrons. The summed E-state index contributed by atoms with van der Waals surface area (Å²) >= 11 is 0. The van der Waals surface area contributed by atoms with Gasteiger partial charge >= 0.3 is 0 Å². The van der Waals surface area contributed by atoms with Crippen molar-refractivity contribution in [1.82, 2.24) is 10.6 Å². The Morgan fingerprint density at radius 3 is 3.09 bits per heavy atom. The van der Waals surface area contributed by atoms with Crippen molar-refractivity contribution in [3.63, 3.8) is 0 Å². The first-order valence-electron chi connectivity index (χ1n) is 3.96. The molecule has 1 fully saturated rings. The minimum absolute atomic E-state index is 0.0900. The normalized spacial score (nSPS) is 24.2. The molecule has 0 aromatic rings. The Kier molecular flexibility index (Phi) is 3.11. The van der Waals surface area contributed by atoms with Gasteiger partial charge in [0, 0.05) is 6.54 Å². The van der Waals surface area contributed by atoms with Crippen LogP contribution in [0.25, 0.3) is 0 Å². The van der Waals surface area contributed by atoms with Crippen LogP contribution in [0.1, 0.15) is 12.8 Å². The van der Waals surface area contributed by atoms with Gasteiger partial charge in [0.1, 0.15) is 0 Å². The predicted molar refractivity (Wildman–Crippen MR) is 43.9 cm³/mol. The van der Waals surface area contributed by atoms with Crippen molar-refractivity contribution in [3.05, 3.63) is 12.8 Å². The van der Waals surface area contributed by atoms with E-state index in [9.17, 15) is 4.79 Å². The topological polar surface area (TPSA) is 41.1 Å². The lowest BCUT2D eigenvalue weighted by molar-refractivity contribution is -0.124. The Hall–Kier alpha value is -0.830. The van der Waals surface area contributed by atoms with Crippen molar-refractivity contribution < 1.29 is 4.79 Å². The third-order valence-electron chi connectivity index (χ3n) is 1.91. The summed E-state index contributed by atoms with van der Waals surface area (Å²) in [6.45, 7) is 5.29. The zero-order chi connectivity index (χ0) is 8.10. The molecule has 2 N–H and O–H groups in total. The zero-order valence-electron chi connectivity index (χ0n) is 6.60. The third kappa shape index (κ3) is 2.35. The molecule has 0 aromatic carbocycles. The largest absolute Gasteiger partial charge is 0.333 e. The highest BCUT2D eigenvalue weighted by atomic mass is 16.1. The van der Waals surface area contributed by atoms with Crippen molar-refractivity contribution in [2.45, 2.75) is 12.8 Å². The molecule has 1 saturated heterocycles. The summed E-state index contributed by atoms with van der Waals surface area (Å²) < 4.78 is 0. The van der Waals surface area contributed by atoms with Crippen LogP contribution >= 0.6 is 0 Å². The average molecular weight is 154 g/mol. The van der Waals surface area contributed by atoms with Crippen molar-refractivity contribution in [1.29, 1.82) is 0 Å². The molecule has 1 aliphatic heterocycles. The van der Waals surface area contributed by atoms with Gasteiger partial charge in [0.2, 0.25) is 5.91 Å². The summed E-state index contributed by atoms with van der Waals surface area (Å²) in [7, 11) is 0. The van der Waals surface area contributed by atoms with Crippen molar-refractivity contribution in [3.8, 4) is 0 Å². The summed E-state index contributed by atoms with van der Waals surface area (Å²) in [5, 5.41) is 5.78. The molecule has 1 heterocycles. The molecule has 62 valence electrons. The minimum Gasteiger partial charge on any atom is -0.333 e. The standard InChI is InChI=1S/C8H14N2O/c1-2-10-8(11)7-4-3-5-9-6-7/h2,7,9H,1,3-6H2,(H,10,11). The molecule has 1 aliphatic rings. The van der Waals surface area contributed by atoms with E-state index in [4.69, 9.17) is 0 Å².